The Morgan fingerprint density at radius 2 is 1.72 bits per heavy atom. The van der Waals surface area contributed by atoms with Crippen LogP contribution in [0.15, 0.2) is 42.5 Å². The van der Waals surface area contributed by atoms with Crippen LogP contribution in [0.4, 0.5) is 22.0 Å². The van der Waals surface area contributed by atoms with Crippen LogP contribution in [-0.2, 0) is 15.7 Å². The van der Waals surface area contributed by atoms with Gasteiger partial charge in [0.25, 0.3) is 0 Å². The Morgan fingerprint density at radius 3 is 2.36 bits per heavy atom. The highest BCUT2D eigenvalue weighted by molar-refractivity contribution is 5.29. The molecule has 10 heteroatoms. The highest BCUT2D eigenvalue weighted by Crippen LogP contribution is 2.36. The first-order chi connectivity index (χ1) is 17.2. The average Bonchev–Trinajstić information content (AvgIpc) is 2.81. The zero-order valence-electron chi connectivity index (χ0n) is 19.5. The van der Waals surface area contributed by atoms with Crippen molar-refractivity contribution >= 4 is 0 Å². The van der Waals surface area contributed by atoms with E-state index < -0.39 is 48.4 Å². The Balaban J connectivity index is 1.57. The van der Waals surface area contributed by atoms with Crippen LogP contribution < -0.4 is 0 Å². The number of benzene rings is 2. The second-order valence-electron chi connectivity index (χ2n) is 8.77. The van der Waals surface area contributed by atoms with Gasteiger partial charge in [-0.3, -0.25) is 9.80 Å². The van der Waals surface area contributed by atoms with E-state index in [1.54, 1.807) is 12.1 Å². The van der Waals surface area contributed by atoms with E-state index in [0.717, 1.165) is 25.2 Å². The zero-order valence-corrected chi connectivity index (χ0v) is 19.5. The van der Waals surface area contributed by atoms with Crippen molar-refractivity contribution in [2.45, 2.75) is 31.0 Å². The van der Waals surface area contributed by atoms with E-state index >= 15 is 0 Å². The fraction of sp³-hybridized carbons (Fsp3) is 0.462. The number of nitrogens with zero attached hydrogens (tertiary/aromatic N) is 2. The lowest BCUT2D eigenvalue weighted by molar-refractivity contribution is -0.235. The molecule has 2 aliphatic heterocycles. The molecular formula is C26H27F5N2O3. The number of hydrogen-bond donors (Lipinski definition) is 1. The minimum absolute atomic E-state index is 0.169. The molecule has 0 spiro atoms. The summed E-state index contributed by atoms with van der Waals surface area (Å²) in [5.41, 5.74) is -0.700. The Labute approximate surface area is 206 Å². The van der Waals surface area contributed by atoms with Gasteiger partial charge in [0.15, 0.2) is 6.29 Å². The summed E-state index contributed by atoms with van der Waals surface area (Å²) in [5, 5.41) is 9.93. The van der Waals surface area contributed by atoms with Crippen LogP contribution in [0.1, 0.15) is 35.3 Å². The van der Waals surface area contributed by atoms with Crippen molar-refractivity contribution in [2.75, 3.05) is 45.9 Å². The number of aliphatic hydroxyl groups is 1. The van der Waals surface area contributed by atoms with Gasteiger partial charge >= 0.3 is 6.18 Å². The maximum Gasteiger partial charge on any atom is 0.416 e. The molecule has 0 amide bonds. The zero-order chi connectivity index (χ0) is 25.7. The summed E-state index contributed by atoms with van der Waals surface area (Å²) < 4.78 is 79.0. The summed E-state index contributed by atoms with van der Waals surface area (Å²) in [6, 6.07) is 7.18. The summed E-state index contributed by atoms with van der Waals surface area (Å²) in [5.74, 6) is 4.76. The van der Waals surface area contributed by atoms with Gasteiger partial charge in [-0.15, -0.1) is 0 Å². The Hall–Kier alpha value is -2.55. The minimum Gasteiger partial charge on any atom is -0.393 e. The first-order valence-electron chi connectivity index (χ1n) is 11.7. The normalized spacial score (nSPS) is 21.9. The quantitative estimate of drug-likeness (QED) is 0.448. The highest BCUT2D eigenvalue weighted by atomic mass is 19.4. The lowest BCUT2D eigenvalue weighted by Gasteiger charge is -2.41. The van der Waals surface area contributed by atoms with E-state index in [9.17, 15) is 27.1 Å². The highest BCUT2D eigenvalue weighted by Gasteiger charge is 2.37. The molecule has 2 aromatic rings. The van der Waals surface area contributed by atoms with Gasteiger partial charge in [-0.2, -0.15) is 13.2 Å². The van der Waals surface area contributed by atoms with Gasteiger partial charge in [-0.1, -0.05) is 24.0 Å². The van der Waals surface area contributed by atoms with E-state index in [4.69, 9.17) is 9.47 Å². The average molecular weight is 511 g/mol. The third-order valence-electron chi connectivity index (χ3n) is 6.27. The van der Waals surface area contributed by atoms with Gasteiger partial charge in [0.2, 0.25) is 0 Å². The number of alkyl halides is 3. The van der Waals surface area contributed by atoms with Crippen molar-refractivity contribution in [2.24, 2.45) is 0 Å². The smallest absolute Gasteiger partial charge is 0.393 e. The summed E-state index contributed by atoms with van der Waals surface area (Å²) in [6.45, 7) is 3.11. The molecule has 2 aliphatic rings. The van der Waals surface area contributed by atoms with Gasteiger partial charge in [0.1, 0.15) is 17.7 Å². The van der Waals surface area contributed by atoms with Crippen LogP contribution in [-0.4, -0.2) is 67.1 Å². The first kappa shape index (κ1) is 26.5. The second kappa shape index (κ2) is 11.7. The molecule has 2 heterocycles. The monoisotopic (exact) mass is 510 g/mol. The molecule has 5 nitrogen and oxygen atoms in total. The molecule has 0 bridgehead atoms. The SMILES string of the molecule is OCC(OC1OCCN(CC#CCN2CCC2)C1c1ccc(F)cc1)c1cc(F)cc(C(F)(F)F)c1. The summed E-state index contributed by atoms with van der Waals surface area (Å²) in [6.07, 6.45) is -5.91. The van der Waals surface area contributed by atoms with Gasteiger partial charge in [-0.25, -0.2) is 8.78 Å². The molecule has 2 fully saturated rings. The first-order valence-corrected chi connectivity index (χ1v) is 11.7. The Kier molecular flexibility index (Phi) is 8.59. The van der Waals surface area contributed by atoms with Crippen molar-refractivity contribution < 1.29 is 36.5 Å². The number of morpholine rings is 1. The van der Waals surface area contributed by atoms with Crippen molar-refractivity contribution in [1.29, 1.82) is 0 Å². The molecule has 4 rings (SSSR count). The third-order valence-corrected chi connectivity index (χ3v) is 6.27. The standard InChI is InChI=1S/C26H27F5N2O3/c27-21-6-4-18(5-7-21)24-25(35-13-12-33(24)11-2-1-8-32-9-3-10-32)36-23(17-34)19-14-20(26(29,30)31)16-22(28)15-19/h4-7,14-16,23-25,34H,3,8-13,17H2. The van der Waals surface area contributed by atoms with Crippen LogP contribution in [0.2, 0.25) is 0 Å². The number of halogens is 5. The van der Waals surface area contributed by atoms with Gasteiger partial charge in [0, 0.05) is 19.6 Å². The van der Waals surface area contributed by atoms with E-state index in [1.807, 2.05) is 4.90 Å². The van der Waals surface area contributed by atoms with Crippen LogP contribution in [0.5, 0.6) is 0 Å². The summed E-state index contributed by atoms with van der Waals surface area (Å²) >= 11 is 0. The Morgan fingerprint density at radius 1 is 1.00 bits per heavy atom. The molecule has 0 radical (unpaired) electrons. The topological polar surface area (TPSA) is 45.2 Å². The molecule has 194 valence electrons. The number of aliphatic hydroxyl groups excluding tert-OH is 1. The molecule has 0 aromatic heterocycles. The molecule has 3 unspecified atom stereocenters. The van der Waals surface area contributed by atoms with E-state index in [-0.39, 0.29) is 12.2 Å². The second-order valence-corrected chi connectivity index (χ2v) is 8.77. The van der Waals surface area contributed by atoms with E-state index in [0.29, 0.717) is 31.3 Å². The maximum absolute atomic E-state index is 14.0. The van der Waals surface area contributed by atoms with Gasteiger partial charge in [-0.05, 0) is 47.9 Å². The number of rotatable bonds is 7. The largest absolute Gasteiger partial charge is 0.416 e. The van der Waals surface area contributed by atoms with Crippen LogP contribution in [0, 0.1) is 23.5 Å². The molecule has 0 saturated carbocycles. The van der Waals surface area contributed by atoms with Gasteiger partial charge < -0.3 is 14.6 Å². The number of hydrogen-bond acceptors (Lipinski definition) is 5. The molecule has 2 aromatic carbocycles. The summed E-state index contributed by atoms with van der Waals surface area (Å²) in [7, 11) is 0. The van der Waals surface area contributed by atoms with Crippen LogP contribution in [0.3, 0.4) is 0 Å². The number of likely N-dealkylation sites (tertiary alicyclic amines) is 1. The van der Waals surface area contributed by atoms with E-state index in [1.165, 1.54) is 18.6 Å². The van der Waals surface area contributed by atoms with Crippen LogP contribution >= 0.6 is 0 Å². The minimum atomic E-state index is -4.76. The molecule has 1 N–H and O–H groups in total. The lowest BCUT2D eigenvalue weighted by atomic mass is 10.0. The predicted octanol–water partition coefficient (Wildman–Crippen LogP) is 4.14. The van der Waals surface area contributed by atoms with Crippen molar-refractivity contribution in [3.63, 3.8) is 0 Å². The van der Waals surface area contributed by atoms with Crippen molar-refractivity contribution in [3.8, 4) is 11.8 Å². The fourth-order valence-electron chi connectivity index (χ4n) is 4.22. The number of ether oxygens (including phenoxy) is 2. The molecule has 3 atom stereocenters. The van der Waals surface area contributed by atoms with Crippen LogP contribution in [0.25, 0.3) is 0 Å². The predicted molar refractivity (Wildman–Crippen MR) is 122 cm³/mol. The molecule has 2 saturated heterocycles. The lowest BCUT2D eigenvalue weighted by Crippen LogP contribution is -2.47. The summed E-state index contributed by atoms with van der Waals surface area (Å²) in [4.78, 5) is 4.20. The van der Waals surface area contributed by atoms with Crippen molar-refractivity contribution in [3.05, 3.63) is 70.8 Å². The molecule has 0 aliphatic carbocycles. The van der Waals surface area contributed by atoms with E-state index in [2.05, 4.69) is 16.7 Å². The van der Waals surface area contributed by atoms with Crippen molar-refractivity contribution in [1.82, 2.24) is 9.80 Å². The molecule has 36 heavy (non-hydrogen) atoms. The van der Waals surface area contributed by atoms with Gasteiger partial charge in [0.05, 0.1) is 37.9 Å². The Bertz CT molecular complexity index is 1080. The third kappa shape index (κ3) is 6.60. The molecular weight excluding hydrogens is 483 g/mol. The maximum atomic E-state index is 14.0. The fourth-order valence-corrected chi connectivity index (χ4v) is 4.22.